The van der Waals surface area contributed by atoms with Crippen molar-refractivity contribution >= 4 is 68.1 Å². The number of furan rings is 1. The summed E-state index contributed by atoms with van der Waals surface area (Å²) in [5.41, 5.74) is 18.9. The minimum atomic E-state index is -0.101. The highest BCUT2D eigenvalue weighted by molar-refractivity contribution is 6.94. The van der Waals surface area contributed by atoms with Crippen LogP contribution < -0.4 is 20.6 Å². The molecule has 9 aromatic rings. The first-order valence-electron chi connectivity index (χ1n) is 19.9. The summed E-state index contributed by atoms with van der Waals surface area (Å²) in [4.78, 5) is 5.16. The third-order valence-corrected chi connectivity index (χ3v) is 11.8. The van der Waals surface area contributed by atoms with Crippen LogP contribution in [0.25, 0.3) is 55.3 Å². The molecule has 0 aliphatic carbocycles. The van der Waals surface area contributed by atoms with Crippen LogP contribution >= 0.6 is 0 Å². The summed E-state index contributed by atoms with van der Waals surface area (Å²) in [5.74, 6) is 0. The van der Waals surface area contributed by atoms with Crippen molar-refractivity contribution in [1.82, 2.24) is 0 Å². The highest BCUT2D eigenvalue weighted by atomic mass is 16.3. The zero-order chi connectivity index (χ0) is 37.2. The van der Waals surface area contributed by atoms with Gasteiger partial charge in [-0.25, -0.2) is 0 Å². The second-order valence-corrected chi connectivity index (χ2v) is 15.1. The van der Waals surface area contributed by atoms with Crippen LogP contribution in [0.2, 0.25) is 0 Å². The molecule has 56 heavy (non-hydrogen) atoms. The van der Waals surface area contributed by atoms with E-state index in [2.05, 4.69) is 199 Å². The summed E-state index contributed by atoms with van der Waals surface area (Å²) in [6.45, 7) is 2.17. The Morgan fingerprint density at radius 2 is 1.23 bits per heavy atom. The second kappa shape index (κ2) is 13.2. The third-order valence-electron chi connectivity index (χ3n) is 11.8. The van der Waals surface area contributed by atoms with E-state index in [1.165, 1.54) is 66.9 Å². The predicted octanol–water partition coefficient (Wildman–Crippen LogP) is 13.0. The predicted molar refractivity (Wildman–Crippen MR) is 237 cm³/mol. The van der Waals surface area contributed by atoms with Gasteiger partial charge in [0.2, 0.25) is 0 Å². The van der Waals surface area contributed by atoms with Crippen molar-refractivity contribution in [3.05, 3.63) is 188 Å². The first-order chi connectivity index (χ1) is 27.8. The van der Waals surface area contributed by atoms with Gasteiger partial charge in [-0.2, -0.15) is 0 Å². The van der Waals surface area contributed by atoms with E-state index in [0.717, 1.165) is 52.6 Å². The standard InChI is InChI=1S/C52H39BN2O/c1-2-3-17-35-28-30-45(42(32-35)37-20-9-5-10-21-37)54-47-34-38(36-18-7-4-8-19-36)33-43-40-24-13-15-26-46(40)55(39-22-11-6-12-23-39)53(51(43)47)44-29-31-49-50(52(44)54)41-25-14-16-27-48(41)56-49/h4-16,18-34H,2-3,17H2,1H3. The largest absolute Gasteiger partial charge is 0.456 e. The highest BCUT2D eigenvalue weighted by Gasteiger charge is 2.46. The fraction of sp³-hybridized carbons (Fsp3) is 0.0769. The Labute approximate surface area is 328 Å². The lowest BCUT2D eigenvalue weighted by Crippen LogP contribution is -2.61. The number of para-hydroxylation sites is 3. The molecular formula is C52H39BN2O. The number of hydrogen-bond donors (Lipinski definition) is 0. The molecule has 2 aliphatic rings. The van der Waals surface area contributed by atoms with Crippen molar-refractivity contribution in [1.29, 1.82) is 0 Å². The molecule has 0 saturated heterocycles. The molecule has 0 unspecified atom stereocenters. The first kappa shape index (κ1) is 32.6. The molecule has 4 heteroatoms. The van der Waals surface area contributed by atoms with E-state index < -0.39 is 0 Å². The minimum Gasteiger partial charge on any atom is -0.456 e. The maximum absolute atomic E-state index is 6.70. The molecule has 0 fully saturated rings. The smallest absolute Gasteiger partial charge is 0.333 e. The Balaban J connectivity index is 1.32. The zero-order valence-electron chi connectivity index (χ0n) is 31.3. The van der Waals surface area contributed by atoms with Crippen LogP contribution in [0.15, 0.2) is 186 Å². The lowest BCUT2D eigenvalue weighted by Gasteiger charge is -2.46. The lowest BCUT2D eigenvalue weighted by atomic mass is 9.43. The fourth-order valence-electron chi connectivity index (χ4n) is 9.29. The number of benzene rings is 8. The van der Waals surface area contributed by atoms with Crippen LogP contribution in [0, 0.1) is 0 Å². The number of nitrogens with zero attached hydrogens (tertiary/aromatic N) is 2. The topological polar surface area (TPSA) is 19.6 Å². The van der Waals surface area contributed by atoms with Crippen molar-refractivity contribution in [2.45, 2.75) is 26.2 Å². The highest BCUT2D eigenvalue weighted by Crippen LogP contribution is 2.52. The first-order valence-corrected chi connectivity index (χ1v) is 19.9. The molecule has 0 bridgehead atoms. The Hall–Kier alpha value is -6.78. The van der Waals surface area contributed by atoms with Crippen molar-refractivity contribution in [3.8, 4) is 33.4 Å². The summed E-state index contributed by atoms with van der Waals surface area (Å²) in [6, 6.07) is 66.8. The average molecular weight is 719 g/mol. The normalized spacial score (nSPS) is 12.8. The van der Waals surface area contributed by atoms with E-state index in [0.29, 0.717) is 0 Å². The molecule has 0 amide bonds. The number of rotatable bonds is 7. The van der Waals surface area contributed by atoms with Gasteiger partial charge in [-0.3, -0.25) is 0 Å². The monoisotopic (exact) mass is 718 g/mol. The summed E-state index contributed by atoms with van der Waals surface area (Å²) in [7, 11) is 0. The van der Waals surface area contributed by atoms with E-state index >= 15 is 0 Å². The summed E-state index contributed by atoms with van der Waals surface area (Å²) in [5, 5.41) is 2.26. The van der Waals surface area contributed by atoms with Gasteiger partial charge in [0.1, 0.15) is 11.2 Å². The van der Waals surface area contributed by atoms with Crippen LogP contribution in [0.4, 0.5) is 28.4 Å². The number of hydrogen-bond acceptors (Lipinski definition) is 3. The summed E-state index contributed by atoms with van der Waals surface area (Å²) < 4.78 is 6.70. The van der Waals surface area contributed by atoms with Crippen LogP contribution in [0.3, 0.4) is 0 Å². The van der Waals surface area contributed by atoms with Crippen LogP contribution in [0.1, 0.15) is 25.3 Å². The van der Waals surface area contributed by atoms with E-state index in [-0.39, 0.29) is 6.85 Å². The minimum absolute atomic E-state index is 0.101. The average Bonchev–Trinajstić information content (AvgIpc) is 3.66. The molecule has 11 rings (SSSR count). The van der Waals surface area contributed by atoms with Gasteiger partial charge in [0, 0.05) is 33.6 Å². The van der Waals surface area contributed by atoms with E-state index in [9.17, 15) is 0 Å². The van der Waals surface area contributed by atoms with Crippen molar-refractivity contribution in [3.63, 3.8) is 0 Å². The Morgan fingerprint density at radius 3 is 2.04 bits per heavy atom. The Morgan fingerprint density at radius 1 is 0.518 bits per heavy atom. The Bertz CT molecular complexity index is 2920. The van der Waals surface area contributed by atoms with Gasteiger partial charge in [0.05, 0.1) is 16.8 Å². The summed E-state index contributed by atoms with van der Waals surface area (Å²) in [6.07, 6.45) is 3.37. The van der Waals surface area contributed by atoms with Gasteiger partial charge in [-0.1, -0.05) is 141 Å². The summed E-state index contributed by atoms with van der Waals surface area (Å²) >= 11 is 0. The van der Waals surface area contributed by atoms with E-state index in [4.69, 9.17) is 4.42 Å². The molecule has 0 N–H and O–H groups in total. The molecule has 2 aliphatic heterocycles. The quantitative estimate of drug-likeness (QED) is 0.153. The van der Waals surface area contributed by atoms with Gasteiger partial charge in [0.25, 0.3) is 0 Å². The van der Waals surface area contributed by atoms with Gasteiger partial charge in [-0.05, 0) is 106 Å². The number of fused-ring (bicyclic) bond motifs is 8. The van der Waals surface area contributed by atoms with Crippen LogP contribution in [0.5, 0.6) is 0 Å². The number of unbranched alkanes of at least 4 members (excludes halogenated alkanes) is 1. The number of aryl methyl sites for hydroxylation is 1. The van der Waals surface area contributed by atoms with Crippen molar-refractivity contribution < 1.29 is 4.42 Å². The zero-order valence-corrected chi connectivity index (χ0v) is 31.3. The molecule has 3 heterocycles. The molecule has 1 aromatic heterocycles. The van der Waals surface area contributed by atoms with Crippen LogP contribution in [-0.4, -0.2) is 6.85 Å². The maximum Gasteiger partial charge on any atom is 0.333 e. The fourth-order valence-corrected chi connectivity index (χ4v) is 9.29. The molecule has 266 valence electrons. The van der Waals surface area contributed by atoms with E-state index in [1.807, 2.05) is 0 Å². The van der Waals surface area contributed by atoms with Crippen LogP contribution in [-0.2, 0) is 6.42 Å². The SMILES string of the molecule is CCCCc1ccc(N2c3cc(-c4ccccc4)cc4c3B(c3ccc5oc6ccccc6c5c32)N(c2ccccc2)c2ccccc2-4)c(-c2ccccc2)c1. The lowest BCUT2D eigenvalue weighted by molar-refractivity contribution is 0.669. The molecule has 0 atom stereocenters. The third kappa shape index (κ3) is 5.06. The van der Waals surface area contributed by atoms with Gasteiger partial charge >= 0.3 is 6.85 Å². The van der Waals surface area contributed by atoms with Crippen molar-refractivity contribution in [2.75, 3.05) is 9.71 Å². The van der Waals surface area contributed by atoms with E-state index in [1.54, 1.807) is 0 Å². The van der Waals surface area contributed by atoms with Gasteiger partial charge in [0.15, 0.2) is 0 Å². The second-order valence-electron chi connectivity index (χ2n) is 15.1. The molecular weight excluding hydrogens is 679 g/mol. The van der Waals surface area contributed by atoms with Gasteiger partial charge in [-0.15, -0.1) is 0 Å². The molecule has 0 saturated carbocycles. The number of anilines is 5. The molecule has 8 aromatic carbocycles. The van der Waals surface area contributed by atoms with Gasteiger partial charge < -0.3 is 14.1 Å². The van der Waals surface area contributed by atoms with Crippen molar-refractivity contribution in [2.24, 2.45) is 0 Å². The Kier molecular flexibility index (Phi) is 7.70. The molecule has 0 radical (unpaired) electrons. The maximum atomic E-state index is 6.70. The molecule has 0 spiro atoms. The molecule has 3 nitrogen and oxygen atoms in total.